The number of nitrogens with two attached hydrogens (primary N) is 1. The summed E-state index contributed by atoms with van der Waals surface area (Å²) in [5.41, 5.74) is -1.65. The van der Waals surface area contributed by atoms with Crippen LogP contribution in [0.2, 0.25) is 0 Å². The van der Waals surface area contributed by atoms with Gasteiger partial charge in [0.25, 0.3) is 0 Å². The third kappa shape index (κ3) is 20.7. The van der Waals surface area contributed by atoms with Crippen LogP contribution < -0.4 is 32.3 Å². The second-order valence-electron chi connectivity index (χ2n) is 23.5. The smallest absolute Gasteiger partial charge is 0.341 e. The van der Waals surface area contributed by atoms with Crippen molar-refractivity contribution in [2.75, 3.05) is 0 Å². The van der Waals surface area contributed by atoms with Gasteiger partial charge in [-0.25, -0.2) is 28.8 Å². The number of allylic oxidation sites excluding steroid dienone is 1. The summed E-state index contributed by atoms with van der Waals surface area (Å²) in [5.74, 6) is -21.0. The van der Waals surface area contributed by atoms with E-state index in [1.165, 1.54) is 40.7 Å². The summed E-state index contributed by atoms with van der Waals surface area (Å²) in [7, 11) is 0. The Balaban J connectivity index is 1.72. The Bertz CT molecular complexity index is 2890. The van der Waals surface area contributed by atoms with E-state index in [0.29, 0.717) is 12.8 Å². The lowest BCUT2D eigenvalue weighted by Gasteiger charge is -2.42. The summed E-state index contributed by atoms with van der Waals surface area (Å²) >= 11 is 0. The maximum atomic E-state index is 14.3. The lowest BCUT2D eigenvalue weighted by molar-refractivity contribution is -0.214. The SMILES string of the molecule is C/C=C(/C)C(=O)O[C@H]1C(C)=C2[C@H]([C@@H]1OC(=O)CCCCCCC)[C@@](C)(OC(C)=O)C[C@H](OC(=O)C(C)C(C)NC(=O)C[C@H](N)C(=O)N[C@@H](CCC(=O)N[C@@H](CCC(=O)N[C@@H](CCC(=O)N[C@@H](CCC(=O)O)C(=O)O)C(=O)O)C(=O)O)C(=O)O)[C@@]1(O)[C@H]2OC(=O)[C@@]1(C)O. The van der Waals surface area contributed by atoms with E-state index in [1.54, 1.807) is 6.92 Å². The molecule has 0 aromatic rings. The molecule has 14 N–H and O–H groups in total. The molecule has 2 aliphatic carbocycles. The third-order valence-electron chi connectivity index (χ3n) is 16.4. The number of carboxylic acid groups (broad SMARTS) is 5. The van der Waals surface area contributed by atoms with Gasteiger partial charge in [0.2, 0.25) is 29.5 Å². The van der Waals surface area contributed by atoms with Crippen molar-refractivity contribution in [1.82, 2.24) is 26.6 Å². The number of esters is 5. The molecule has 0 aromatic carbocycles. The molecule has 0 bridgehead atoms. The number of ether oxygens (including phenoxy) is 5. The van der Waals surface area contributed by atoms with Gasteiger partial charge in [0.1, 0.15) is 35.9 Å². The standard InChI is InChI=1S/C59H86N6O27/c1-10-12-13-14-15-16-43(73)89-47-45-44(29(5)46(47)90-54(83)27(3)11-2)48-59(87,58(9,86)56(85)91-48)37(26-57(45,8)92-31(7)66)88-55(84)28(4)30(6)61-41(70)25-32(60)49(74)65-36(53(81)82)19-23-40(69)63-34(51(77)78)17-21-38(67)62-33(50(75)76)18-22-39(68)64-35(52(79)80)20-24-42(71)72/h11,28,30,32-37,45-48,86-87H,10,12-26,60H2,1-9H3,(H,61,70)(H,62,67)(H,63,69)(H,64,68)(H,65,74)(H,71,72)(H,75,76)(H,77,78)(H,79,80)(H,81,82)/b27-11-/t28?,30?,32-,33-,34-,35-,36-,37-,45+,46-,47-,48-,57-,58+,59+/m0/s1. The van der Waals surface area contributed by atoms with Crippen LogP contribution in [0.5, 0.6) is 0 Å². The summed E-state index contributed by atoms with van der Waals surface area (Å²) in [6, 6.07) is -9.99. The van der Waals surface area contributed by atoms with Crippen LogP contribution in [0.3, 0.4) is 0 Å². The van der Waals surface area contributed by atoms with Crippen molar-refractivity contribution in [3.05, 3.63) is 22.8 Å². The fraction of sp³-hybridized carbons (Fsp3) is 0.678. The monoisotopic (exact) mass is 1310 g/mol. The zero-order valence-electron chi connectivity index (χ0n) is 52.7. The first-order chi connectivity index (χ1) is 42.8. The van der Waals surface area contributed by atoms with E-state index >= 15 is 0 Å². The van der Waals surface area contributed by atoms with Gasteiger partial charge < -0.3 is 91.7 Å². The number of hydrogen-bond donors (Lipinski definition) is 13. The second-order valence-corrected chi connectivity index (χ2v) is 23.5. The Morgan fingerprint density at radius 1 is 0.663 bits per heavy atom. The fourth-order valence-corrected chi connectivity index (χ4v) is 10.9. The van der Waals surface area contributed by atoms with E-state index in [2.05, 4.69) is 21.3 Å². The highest BCUT2D eigenvalue weighted by molar-refractivity contribution is 5.92. The summed E-state index contributed by atoms with van der Waals surface area (Å²) < 4.78 is 29.8. The van der Waals surface area contributed by atoms with Gasteiger partial charge in [-0.1, -0.05) is 38.7 Å². The predicted octanol–water partition coefficient (Wildman–Crippen LogP) is -0.531. The number of carbonyl (C=O) groups is 15. The number of nitrogens with one attached hydrogen (secondary N) is 5. The van der Waals surface area contributed by atoms with Crippen molar-refractivity contribution in [2.45, 2.75) is 243 Å². The van der Waals surface area contributed by atoms with E-state index < -0.39 is 243 Å². The van der Waals surface area contributed by atoms with E-state index in [1.807, 2.05) is 12.2 Å². The average Bonchev–Trinajstić information content (AvgIpc) is 1.53. The van der Waals surface area contributed by atoms with Crippen LogP contribution in [0, 0.1) is 11.8 Å². The molecule has 33 nitrogen and oxygen atoms in total. The Kier molecular flexibility index (Phi) is 28.8. The van der Waals surface area contributed by atoms with E-state index in [-0.39, 0.29) is 23.1 Å². The van der Waals surface area contributed by atoms with Crippen LogP contribution in [0.4, 0.5) is 0 Å². The molecule has 15 atom stereocenters. The highest BCUT2D eigenvalue weighted by Crippen LogP contribution is 2.57. The van der Waals surface area contributed by atoms with Gasteiger partial charge in [-0.2, -0.15) is 0 Å². The topological polar surface area (TPSA) is 530 Å². The number of carboxylic acids is 5. The Hall–Kier alpha value is -8.59. The van der Waals surface area contributed by atoms with Crippen molar-refractivity contribution in [3.63, 3.8) is 0 Å². The number of carbonyl (C=O) groups excluding carboxylic acids is 10. The average molecular weight is 1310 g/mol. The minimum atomic E-state index is -2.93. The van der Waals surface area contributed by atoms with Crippen molar-refractivity contribution in [2.24, 2.45) is 17.6 Å². The highest BCUT2D eigenvalue weighted by Gasteiger charge is 2.76. The van der Waals surface area contributed by atoms with Gasteiger partial charge in [0.05, 0.1) is 24.3 Å². The van der Waals surface area contributed by atoms with Crippen LogP contribution in [0.1, 0.15) is 165 Å². The van der Waals surface area contributed by atoms with E-state index in [9.17, 15) is 103 Å². The van der Waals surface area contributed by atoms with Crippen LogP contribution in [-0.2, 0) is 95.6 Å². The van der Waals surface area contributed by atoms with Crippen LogP contribution >= 0.6 is 0 Å². The first-order valence-electron chi connectivity index (χ1n) is 29.9. The van der Waals surface area contributed by atoms with Crippen molar-refractivity contribution in [3.8, 4) is 0 Å². The van der Waals surface area contributed by atoms with Crippen molar-refractivity contribution >= 4 is 89.2 Å². The molecule has 92 heavy (non-hydrogen) atoms. The zero-order chi connectivity index (χ0) is 69.9. The molecule has 0 aromatic heterocycles. The first-order valence-corrected chi connectivity index (χ1v) is 29.9. The zero-order valence-corrected chi connectivity index (χ0v) is 52.7. The van der Waals surface area contributed by atoms with Gasteiger partial charge in [0.15, 0.2) is 29.5 Å². The summed E-state index contributed by atoms with van der Waals surface area (Å²) in [5, 5.41) is 82.8. The number of aliphatic hydroxyl groups is 2. The molecule has 2 unspecified atom stereocenters. The molecular formula is C59H86N6O27. The molecule has 5 amide bonds. The summed E-state index contributed by atoms with van der Waals surface area (Å²) in [6.45, 7) is 12.4. The van der Waals surface area contributed by atoms with Gasteiger partial charge in [-0.3, -0.25) is 43.2 Å². The van der Waals surface area contributed by atoms with Gasteiger partial charge >= 0.3 is 59.7 Å². The van der Waals surface area contributed by atoms with Gasteiger partial charge in [0, 0.05) is 57.1 Å². The molecule has 33 heteroatoms. The van der Waals surface area contributed by atoms with Gasteiger partial charge in [-0.15, -0.1) is 0 Å². The third-order valence-corrected chi connectivity index (χ3v) is 16.4. The minimum Gasteiger partial charge on any atom is -0.481 e. The molecule has 1 saturated heterocycles. The Morgan fingerprint density at radius 3 is 1.60 bits per heavy atom. The number of hydrogen-bond acceptors (Lipinski definition) is 23. The number of amides is 5. The molecule has 1 saturated carbocycles. The highest BCUT2D eigenvalue weighted by atomic mass is 16.6. The number of unbranched alkanes of at least 4 members (excludes halogenated alkanes) is 4. The summed E-state index contributed by atoms with van der Waals surface area (Å²) in [6.07, 6.45) is -8.31. The molecule has 1 heterocycles. The number of aliphatic carboxylic acids is 5. The number of rotatable bonds is 37. The Morgan fingerprint density at radius 2 is 1.14 bits per heavy atom. The number of fused-ring (bicyclic) bond motifs is 3. The van der Waals surface area contributed by atoms with Crippen molar-refractivity contribution in [1.29, 1.82) is 0 Å². The lowest BCUT2D eigenvalue weighted by Crippen LogP contribution is -2.65. The maximum absolute atomic E-state index is 14.3. The molecule has 3 rings (SSSR count). The largest absolute Gasteiger partial charge is 0.481 e. The van der Waals surface area contributed by atoms with E-state index in [4.69, 9.17) is 34.5 Å². The van der Waals surface area contributed by atoms with E-state index in [0.717, 1.165) is 33.1 Å². The van der Waals surface area contributed by atoms with Crippen LogP contribution in [-0.4, -0.2) is 202 Å². The molecule has 0 radical (unpaired) electrons. The second kappa shape index (κ2) is 34.2. The van der Waals surface area contributed by atoms with Gasteiger partial charge in [-0.05, 0) is 91.7 Å². The molecule has 1 aliphatic heterocycles. The van der Waals surface area contributed by atoms with Crippen LogP contribution in [0.15, 0.2) is 22.8 Å². The normalized spacial score (nSPS) is 24.7. The predicted molar refractivity (Wildman–Crippen MR) is 311 cm³/mol. The molecule has 2 fully saturated rings. The minimum absolute atomic E-state index is 0.0670. The lowest BCUT2D eigenvalue weighted by atomic mass is 9.75. The molecular weight excluding hydrogens is 1220 g/mol. The quantitative estimate of drug-likeness (QED) is 0.0122. The molecule has 3 aliphatic rings. The van der Waals surface area contributed by atoms with Crippen molar-refractivity contribution < 1.29 is 131 Å². The Labute approximate surface area is 528 Å². The van der Waals surface area contributed by atoms with Crippen LogP contribution in [0.25, 0.3) is 0 Å². The molecule has 0 spiro atoms. The summed E-state index contributed by atoms with van der Waals surface area (Å²) in [4.78, 5) is 191. The fourth-order valence-electron chi connectivity index (χ4n) is 10.9. The molecule has 514 valence electrons. The maximum Gasteiger partial charge on any atom is 0.341 e. The first kappa shape index (κ1) is 77.7.